The van der Waals surface area contributed by atoms with E-state index < -0.39 is 0 Å². The monoisotopic (exact) mass is 241 g/mol. The summed E-state index contributed by atoms with van der Waals surface area (Å²) in [6, 6.07) is 10.4. The minimum atomic E-state index is 0.173. The molecule has 18 heavy (non-hydrogen) atoms. The Balaban J connectivity index is 2.34. The van der Waals surface area contributed by atoms with Crippen LogP contribution in [-0.2, 0) is 12.0 Å². The van der Waals surface area contributed by atoms with Gasteiger partial charge in [-0.05, 0) is 17.0 Å². The number of hydrogen-bond donors (Lipinski definition) is 1. The van der Waals surface area contributed by atoms with Gasteiger partial charge < -0.3 is 5.73 Å². The fourth-order valence-corrected chi connectivity index (χ4v) is 1.80. The van der Waals surface area contributed by atoms with E-state index in [1.54, 1.807) is 6.20 Å². The number of aromatic nitrogens is 2. The molecule has 0 unspecified atom stereocenters. The third-order valence-corrected chi connectivity index (χ3v) is 2.93. The molecule has 1 heterocycles. The summed E-state index contributed by atoms with van der Waals surface area (Å²) in [6.45, 7) is 6.99. The first-order valence-corrected chi connectivity index (χ1v) is 6.13. The van der Waals surface area contributed by atoms with Crippen LogP contribution in [0.1, 0.15) is 32.2 Å². The van der Waals surface area contributed by atoms with Gasteiger partial charge in [0, 0.05) is 11.8 Å². The lowest BCUT2D eigenvalue weighted by Gasteiger charge is -2.19. The first kappa shape index (κ1) is 12.7. The van der Waals surface area contributed by atoms with Crippen LogP contribution in [0.5, 0.6) is 0 Å². The van der Waals surface area contributed by atoms with Crippen molar-refractivity contribution in [1.82, 2.24) is 9.97 Å². The Bertz CT molecular complexity index is 524. The quantitative estimate of drug-likeness (QED) is 0.879. The molecule has 0 fully saturated rings. The maximum atomic E-state index is 5.55. The highest BCUT2D eigenvalue weighted by Crippen LogP contribution is 2.25. The molecule has 0 radical (unpaired) electrons. The van der Waals surface area contributed by atoms with E-state index >= 15 is 0 Å². The lowest BCUT2D eigenvalue weighted by atomic mass is 9.86. The molecule has 2 rings (SSSR count). The normalized spacial score (nSPS) is 11.6. The van der Waals surface area contributed by atoms with Crippen molar-refractivity contribution in [2.75, 3.05) is 0 Å². The number of nitrogens with two attached hydrogens (primary N) is 1. The molecular weight excluding hydrogens is 222 g/mol. The molecule has 3 nitrogen and oxygen atoms in total. The van der Waals surface area contributed by atoms with E-state index in [0.717, 1.165) is 11.3 Å². The van der Waals surface area contributed by atoms with Gasteiger partial charge in [0.15, 0.2) is 0 Å². The van der Waals surface area contributed by atoms with Gasteiger partial charge in [-0.1, -0.05) is 45.0 Å². The highest BCUT2D eigenvalue weighted by Gasteiger charge is 2.13. The van der Waals surface area contributed by atoms with Crippen molar-refractivity contribution in [3.05, 3.63) is 47.9 Å². The van der Waals surface area contributed by atoms with E-state index in [1.165, 1.54) is 5.56 Å². The van der Waals surface area contributed by atoms with Gasteiger partial charge in [0.05, 0.1) is 12.2 Å². The maximum Gasteiger partial charge on any atom is 0.142 e. The van der Waals surface area contributed by atoms with Crippen molar-refractivity contribution >= 4 is 0 Å². The summed E-state index contributed by atoms with van der Waals surface area (Å²) in [5.74, 6) is 0.674. The Morgan fingerprint density at radius 1 is 1.06 bits per heavy atom. The average Bonchev–Trinajstić information content (AvgIpc) is 2.38. The smallest absolute Gasteiger partial charge is 0.142 e. The predicted octanol–water partition coefficient (Wildman–Crippen LogP) is 2.90. The van der Waals surface area contributed by atoms with Gasteiger partial charge in [-0.25, -0.2) is 9.97 Å². The lowest BCUT2D eigenvalue weighted by Crippen LogP contribution is -2.10. The average molecular weight is 241 g/mol. The molecular formula is C15H19N3. The molecule has 1 aromatic heterocycles. The summed E-state index contributed by atoms with van der Waals surface area (Å²) < 4.78 is 0. The van der Waals surface area contributed by atoms with Crippen LogP contribution in [0.15, 0.2) is 36.5 Å². The van der Waals surface area contributed by atoms with E-state index in [9.17, 15) is 0 Å². The van der Waals surface area contributed by atoms with Gasteiger partial charge >= 0.3 is 0 Å². The van der Waals surface area contributed by atoms with E-state index in [-0.39, 0.29) is 5.41 Å². The molecule has 1 aromatic carbocycles. The third kappa shape index (κ3) is 2.74. The number of nitrogens with zero attached hydrogens (tertiary/aromatic N) is 2. The summed E-state index contributed by atoms with van der Waals surface area (Å²) >= 11 is 0. The molecule has 0 aliphatic carbocycles. The molecule has 0 saturated heterocycles. The Hall–Kier alpha value is -1.74. The molecule has 0 atom stereocenters. The number of rotatable bonds is 2. The molecule has 0 saturated carbocycles. The standard InChI is InChI=1S/C15H19N3/c1-15(2,3)12-6-4-11(5-7-12)13-8-9-17-14(10-16)18-13/h4-9H,10,16H2,1-3H3. The largest absolute Gasteiger partial charge is 0.324 e. The van der Waals surface area contributed by atoms with Crippen LogP contribution in [0.2, 0.25) is 0 Å². The third-order valence-electron chi connectivity index (χ3n) is 2.93. The fourth-order valence-electron chi connectivity index (χ4n) is 1.80. The van der Waals surface area contributed by atoms with Gasteiger partial charge in [0.1, 0.15) is 5.82 Å². The first-order chi connectivity index (χ1) is 8.50. The molecule has 2 N–H and O–H groups in total. The Labute approximate surface area is 108 Å². The van der Waals surface area contributed by atoms with Crippen molar-refractivity contribution in [3.63, 3.8) is 0 Å². The summed E-state index contributed by atoms with van der Waals surface area (Å²) in [7, 11) is 0. The Morgan fingerprint density at radius 3 is 2.28 bits per heavy atom. The molecule has 3 heteroatoms. The zero-order valence-electron chi connectivity index (χ0n) is 11.1. The van der Waals surface area contributed by atoms with Crippen LogP contribution < -0.4 is 5.73 Å². The van der Waals surface area contributed by atoms with Crippen molar-refractivity contribution in [2.24, 2.45) is 5.73 Å². The van der Waals surface area contributed by atoms with Gasteiger partial charge in [-0.3, -0.25) is 0 Å². The van der Waals surface area contributed by atoms with Crippen molar-refractivity contribution < 1.29 is 0 Å². The number of hydrogen-bond acceptors (Lipinski definition) is 3. The Morgan fingerprint density at radius 2 is 1.72 bits per heavy atom. The second-order valence-electron chi connectivity index (χ2n) is 5.39. The van der Waals surface area contributed by atoms with Crippen LogP contribution in [0.3, 0.4) is 0 Å². The summed E-state index contributed by atoms with van der Waals surface area (Å²) in [4.78, 5) is 8.52. The summed E-state index contributed by atoms with van der Waals surface area (Å²) in [5, 5.41) is 0. The van der Waals surface area contributed by atoms with E-state index in [4.69, 9.17) is 5.73 Å². The second kappa shape index (κ2) is 4.86. The van der Waals surface area contributed by atoms with Gasteiger partial charge in [-0.2, -0.15) is 0 Å². The van der Waals surface area contributed by atoms with Crippen LogP contribution in [-0.4, -0.2) is 9.97 Å². The van der Waals surface area contributed by atoms with Crippen LogP contribution >= 0.6 is 0 Å². The molecule has 0 aliphatic rings. The lowest BCUT2D eigenvalue weighted by molar-refractivity contribution is 0.590. The number of benzene rings is 1. The highest BCUT2D eigenvalue weighted by atomic mass is 14.9. The zero-order chi connectivity index (χ0) is 13.2. The molecule has 0 spiro atoms. The van der Waals surface area contributed by atoms with Crippen molar-refractivity contribution in [3.8, 4) is 11.3 Å². The Kier molecular flexibility index (Phi) is 3.43. The van der Waals surface area contributed by atoms with Crippen molar-refractivity contribution in [2.45, 2.75) is 32.7 Å². The summed E-state index contributed by atoms with van der Waals surface area (Å²) in [6.07, 6.45) is 1.75. The van der Waals surface area contributed by atoms with E-state index in [2.05, 4.69) is 55.0 Å². The van der Waals surface area contributed by atoms with E-state index in [0.29, 0.717) is 12.4 Å². The minimum absolute atomic E-state index is 0.173. The van der Waals surface area contributed by atoms with Crippen LogP contribution in [0.4, 0.5) is 0 Å². The van der Waals surface area contributed by atoms with Crippen molar-refractivity contribution in [1.29, 1.82) is 0 Å². The fraction of sp³-hybridized carbons (Fsp3) is 0.333. The SMILES string of the molecule is CC(C)(C)c1ccc(-c2ccnc(CN)n2)cc1. The predicted molar refractivity (Wildman–Crippen MR) is 74.1 cm³/mol. The topological polar surface area (TPSA) is 51.8 Å². The maximum absolute atomic E-state index is 5.55. The molecule has 94 valence electrons. The van der Waals surface area contributed by atoms with Gasteiger partial charge in [-0.15, -0.1) is 0 Å². The minimum Gasteiger partial charge on any atom is -0.324 e. The van der Waals surface area contributed by atoms with Crippen LogP contribution in [0, 0.1) is 0 Å². The summed E-state index contributed by atoms with van der Waals surface area (Å²) in [5.41, 5.74) is 9.06. The molecule has 0 bridgehead atoms. The molecule has 2 aromatic rings. The first-order valence-electron chi connectivity index (χ1n) is 6.13. The molecule has 0 amide bonds. The van der Waals surface area contributed by atoms with Crippen LogP contribution in [0.25, 0.3) is 11.3 Å². The second-order valence-corrected chi connectivity index (χ2v) is 5.39. The zero-order valence-corrected chi connectivity index (χ0v) is 11.1. The molecule has 0 aliphatic heterocycles. The van der Waals surface area contributed by atoms with E-state index in [1.807, 2.05) is 6.07 Å². The van der Waals surface area contributed by atoms with Gasteiger partial charge in [0.2, 0.25) is 0 Å². The van der Waals surface area contributed by atoms with Gasteiger partial charge in [0.25, 0.3) is 0 Å². The highest BCUT2D eigenvalue weighted by molar-refractivity contribution is 5.59.